The van der Waals surface area contributed by atoms with E-state index in [2.05, 4.69) is 5.32 Å². The molecule has 21 heavy (non-hydrogen) atoms. The number of ketones is 1. The lowest BCUT2D eigenvalue weighted by atomic mass is 9.86. The van der Waals surface area contributed by atoms with Crippen LogP contribution in [0.4, 0.5) is 11.4 Å². The number of nitrogens with zero attached hydrogens (tertiary/aromatic N) is 2. The number of nitro groups is 1. The predicted molar refractivity (Wildman–Crippen MR) is 80.7 cm³/mol. The number of benzene rings is 1. The van der Waals surface area contributed by atoms with E-state index in [1.165, 1.54) is 12.1 Å². The predicted octanol–water partition coefficient (Wildman–Crippen LogP) is 3.16. The highest BCUT2D eigenvalue weighted by atomic mass is 16.6. The van der Waals surface area contributed by atoms with Gasteiger partial charge in [-0.15, -0.1) is 0 Å². The number of rotatable bonds is 4. The van der Waals surface area contributed by atoms with Crippen molar-refractivity contribution in [3.05, 3.63) is 39.4 Å². The lowest BCUT2D eigenvalue weighted by Crippen LogP contribution is -2.21. The van der Waals surface area contributed by atoms with Gasteiger partial charge in [-0.05, 0) is 17.7 Å². The molecule has 0 radical (unpaired) electrons. The van der Waals surface area contributed by atoms with E-state index >= 15 is 0 Å². The molecule has 6 nitrogen and oxygen atoms in total. The maximum atomic E-state index is 12.1. The summed E-state index contributed by atoms with van der Waals surface area (Å²) < 4.78 is 0. The topological polar surface area (TPSA) is 96.0 Å². The molecule has 0 atom stereocenters. The molecular weight excluding hydrogens is 270 g/mol. The van der Waals surface area contributed by atoms with Gasteiger partial charge in [0.2, 0.25) is 0 Å². The summed E-state index contributed by atoms with van der Waals surface area (Å²) in [5.41, 5.74) is 0.00621. The van der Waals surface area contributed by atoms with Gasteiger partial charge in [0.25, 0.3) is 5.69 Å². The minimum Gasteiger partial charge on any atom is -0.383 e. The van der Waals surface area contributed by atoms with Crippen molar-refractivity contribution in [3.8, 4) is 6.07 Å². The molecule has 0 amide bonds. The van der Waals surface area contributed by atoms with Crippen molar-refractivity contribution in [2.45, 2.75) is 20.8 Å². The Labute approximate surface area is 123 Å². The van der Waals surface area contributed by atoms with Gasteiger partial charge in [0.1, 0.15) is 11.8 Å². The fourth-order valence-electron chi connectivity index (χ4n) is 1.72. The zero-order valence-electron chi connectivity index (χ0n) is 12.4. The number of nitrogens with one attached hydrogen (secondary N) is 1. The second-order valence-corrected chi connectivity index (χ2v) is 5.53. The number of nitriles is 1. The van der Waals surface area contributed by atoms with Gasteiger partial charge in [0.05, 0.1) is 10.5 Å². The molecule has 0 saturated heterocycles. The van der Waals surface area contributed by atoms with Crippen LogP contribution in [0.3, 0.4) is 0 Å². The first-order valence-electron chi connectivity index (χ1n) is 6.33. The molecule has 0 aliphatic carbocycles. The summed E-state index contributed by atoms with van der Waals surface area (Å²) in [6.45, 7) is 5.15. The van der Waals surface area contributed by atoms with Gasteiger partial charge in [-0.2, -0.15) is 5.26 Å². The quantitative estimate of drug-likeness (QED) is 0.397. The molecule has 0 bridgehead atoms. The first-order valence-corrected chi connectivity index (χ1v) is 6.33. The molecule has 1 aromatic rings. The second-order valence-electron chi connectivity index (χ2n) is 5.53. The first-order chi connectivity index (χ1) is 9.70. The number of anilines is 1. The van der Waals surface area contributed by atoms with E-state index in [-0.39, 0.29) is 17.0 Å². The molecule has 0 heterocycles. The van der Waals surface area contributed by atoms with Crippen LogP contribution >= 0.6 is 0 Å². The number of nitro benzene ring substituents is 1. The number of Topliss-reactive ketones (excluding diaryl/α,β-unsaturated/α-hetero) is 1. The van der Waals surface area contributed by atoms with Crippen LogP contribution in [0.1, 0.15) is 26.3 Å². The maximum absolute atomic E-state index is 12.1. The Morgan fingerprint density at radius 3 is 2.48 bits per heavy atom. The summed E-state index contributed by atoms with van der Waals surface area (Å²) in [5.74, 6) is -0.301. The van der Waals surface area contributed by atoms with E-state index in [9.17, 15) is 14.9 Å². The molecule has 0 saturated carbocycles. The Bertz CT molecular complexity index is 649. The second kappa shape index (κ2) is 6.18. The Hall–Kier alpha value is -2.68. The summed E-state index contributed by atoms with van der Waals surface area (Å²) >= 11 is 0. The van der Waals surface area contributed by atoms with Crippen molar-refractivity contribution < 1.29 is 9.72 Å². The molecule has 1 rings (SSSR count). The smallest absolute Gasteiger partial charge is 0.292 e. The standard InChI is InChI=1S/C15H17N3O3/c1-15(2,3)14(19)11(9-16)7-10-5-6-12(17-4)13(8-10)18(20)21/h5-8,17H,1-4H3. The Morgan fingerprint density at radius 2 is 2.05 bits per heavy atom. The van der Waals surface area contributed by atoms with Gasteiger partial charge in [-0.25, -0.2) is 0 Å². The van der Waals surface area contributed by atoms with E-state index in [0.29, 0.717) is 11.3 Å². The van der Waals surface area contributed by atoms with Gasteiger partial charge in [0, 0.05) is 18.5 Å². The molecule has 6 heteroatoms. The minimum atomic E-state index is -0.682. The SMILES string of the molecule is CNc1ccc(C=C(C#N)C(=O)C(C)(C)C)cc1[N+](=O)[O-]. The van der Waals surface area contributed by atoms with Gasteiger partial charge < -0.3 is 5.32 Å². The zero-order valence-corrected chi connectivity index (χ0v) is 12.4. The van der Waals surface area contributed by atoms with Gasteiger partial charge in [-0.3, -0.25) is 14.9 Å². The third kappa shape index (κ3) is 3.89. The molecule has 1 N–H and O–H groups in total. The highest BCUT2D eigenvalue weighted by Gasteiger charge is 2.25. The zero-order chi connectivity index (χ0) is 16.2. The highest BCUT2D eigenvalue weighted by molar-refractivity contribution is 6.06. The van der Waals surface area contributed by atoms with Crippen LogP contribution in [0.25, 0.3) is 6.08 Å². The molecule has 0 aliphatic rings. The van der Waals surface area contributed by atoms with E-state index in [1.807, 2.05) is 6.07 Å². The number of hydrogen-bond acceptors (Lipinski definition) is 5. The van der Waals surface area contributed by atoms with Crippen LogP contribution in [-0.4, -0.2) is 17.8 Å². The summed E-state index contributed by atoms with van der Waals surface area (Å²) in [6.07, 6.45) is 1.38. The number of carbonyl (C=O) groups excluding carboxylic acids is 1. The Morgan fingerprint density at radius 1 is 1.43 bits per heavy atom. The Balaban J connectivity index is 3.31. The summed E-state index contributed by atoms with van der Waals surface area (Å²) in [6, 6.07) is 6.35. The number of allylic oxidation sites excluding steroid dienone is 1. The lowest BCUT2D eigenvalue weighted by molar-refractivity contribution is -0.384. The third-order valence-corrected chi connectivity index (χ3v) is 2.85. The van der Waals surface area contributed by atoms with Crippen LogP contribution in [0, 0.1) is 26.9 Å². The van der Waals surface area contributed by atoms with Crippen LogP contribution in [0.5, 0.6) is 0 Å². The van der Waals surface area contributed by atoms with Crippen molar-refractivity contribution in [1.29, 1.82) is 5.26 Å². The first kappa shape index (κ1) is 16.4. The Kier molecular flexibility index (Phi) is 4.82. The van der Waals surface area contributed by atoms with Gasteiger partial charge in [-0.1, -0.05) is 26.8 Å². The fraction of sp³-hybridized carbons (Fsp3) is 0.333. The molecule has 0 fully saturated rings. The molecular formula is C15H17N3O3. The van der Waals surface area contributed by atoms with Crippen molar-refractivity contribution in [1.82, 2.24) is 0 Å². The van der Waals surface area contributed by atoms with E-state index in [1.54, 1.807) is 40.0 Å². The average Bonchev–Trinajstić information content (AvgIpc) is 2.42. The fourth-order valence-corrected chi connectivity index (χ4v) is 1.72. The number of hydrogen-bond donors (Lipinski definition) is 1. The highest BCUT2D eigenvalue weighted by Crippen LogP contribution is 2.27. The molecule has 0 unspecified atom stereocenters. The van der Waals surface area contributed by atoms with E-state index < -0.39 is 10.3 Å². The maximum Gasteiger partial charge on any atom is 0.292 e. The summed E-state index contributed by atoms with van der Waals surface area (Å²) in [5, 5.41) is 22.8. The molecule has 0 spiro atoms. The number of carbonyl (C=O) groups is 1. The van der Waals surface area contributed by atoms with Crippen LogP contribution < -0.4 is 5.32 Å². The molecule has 1 aromatic carbocycles. The van der Waals surface area contributed by atoms with Crippen molar-refractivity contribution in [2.75, 3.05) is 12.4 Å². The largest absolute Gasteiger partial charge is 0.383 e. The molecule has 0 aromatic heterocycles. The van der Waals surface area contributed by atoms with Crippen molar-refractivity contribution in [3.63, 3.8) is 0 Å². The lowest BCUT2D eigenvalue weighted by Gasteiger charge is -2.15. The van der Waals surface area contributed by atoms with Gasteiger partial charge in [0.15, 0.2) is 5.78 Å². The molecule has 0 aliphatic heterocycles. The minimum absolute atomic E-state index is 0.0194. The van der Waals surface area contributed by atoms with Crippen LogP contribution in [0.15, 0.2) is 23.8 Å². The summed E-state index contributed by atoms with van der Waals surface area (Å²) in [7, 11) is 1.59. The monoisotopic (exact) mass is 287 g/mol. The van der Waals surface area contributed by atoms with Crippen LogP contribution in [0.2, 0.25) is 0 Å². The third-order valence-electron chi connectivity index (χ3n) is 2.85. The van der Waals surface area contributed by atoms with Crippen molar-refractivity contribution in [2.24, 2.45) is 5.41 Å². The van der Waals surface area contributed by atoms with Gasteiger partial charge >= 0.3 is 0 Å². The van der Waals surface area contributed by atoms with Crippen LogP contribution in [-0.2, 0) is 4.79 Å². The summed E-state index contributed by atoms with van der Waals surface area (Å²) in [4.78, 5) is 22.6. The van der Waals surface area contributed by atoms with Crippen molar-refractivity contribution >= 4 is 23.2 Å². The van der Waals surface area contributed by atoms with E-state index in [4.69, 9.17) is 5.26 Å². The average molecular weight is 287 g/mol. The molecule has 110 valence electrons. The van der Waals surface area contributed by atoms with E-state index in [0.717, 1.165) is 0 Å². The normalized spacial score (nSPS) is 11.7.